The highest BCUT2D eigenvalue weighted by Gasteiger charge is 2.73. The first-order chi connectivity index (χ1) is 14.7. The SMILES string of the molecule is CC12CCC(C(=O)NC34CC5CC(CC(C5)C3)C4)(c3nc(C#N)c(C#N)nc31)C2(C)C. The monoisotopic (exact) mass is 415 g/mol. The van der Waals surface area contributed by atoms with Crippen molar-refractivity contribution in [3.63, 3.8) is 0 Å². The fraction of sp³-hybridized carbons (Fsp3) is 0.720. The predicted molar refractivity (Wildman–Crippen MR) is 113 cm³/mol. The summed E-state index contributed by atoms with van der Waals surface area (Å²) in [6, 6.07) is 4.06. The van der Waals surface area contributed by atoms with Gasteiger partial charge in [0.1, 0.15) is 12.1 Å². The zero-order valence-electron chi connectivity index (χ0n) is 18.6. The molecule has 31 heavy (non-hydrogen) atoms. The van der Waals surface area contributed by atoms with E-state index in [4.69, 9.17) is 0 Å². The standard InChI is InChI=1S/C25H29N5O/c1-22(2)23(3)4-5-25(22,20-19(23)28-17(12-26)18(13-27)29-20)21(31)30-24-9-14-6-15(10-24)8-16(7-14)11-24/h14-16H,4-11H2,1-3H3,(H,30,31). The normalized spacial score (nSPS) is 42.7. The summed E-state index contributed by atoms with van der Waals surface area (Å²) in [6.07, 6.45) is 8.87. The van der Waals surface area contributed by atoms with Crippen molar-refractivity contribution in [1.29, 1.82) is 10.5 Å². The molecule has 6 nitrogen and oxygen atoms in total. The van der Waals surface area contributed by atoms with Crippen LogP contribution in [0.2, 0.25) is 0 Å². The Kier molecular flexibility index (Phi) is 3.51. The maximum atomic E-state index is 14.3. The van der Waals surface area contributed by atoms with Crippen molar-refractivity contribution in [3.05, 3.63) is 22.8 Å². The maximum absolute atomic E-state index is 14.3. The van der Waals surface area contributed by atoms with Gasteiger partial charge in [0, 0.05) is 11.0 Å². The molecule has 6 heteroatoms. The molecule has 6 aliphatic carbocycles. The number of rotatable bonds is 2. The van der Waals surface area contributed by atoms with E-state index in [-0.39, 0.29) is 28.2 Å². The summed E-state index contributed by atoms with van der Waals surface area (Å²) in [7, 11) is 0. The van der Waals surface area contributed by atoms with E-state index in [1.807, 2.05) is 12.1 Å². The van der Waals surface area contributed by atoms with Gasteiger partial charge in [0.05, 0.1) is 16.8 Å². The number of nitrogens with one attached hydrogen (secondary N) is 1. The second kappa shape index (κ2) is 5.66. The third kappa shape index (κ3) is 2.10. The van der Waals surface area contributed by atoms with Crippen LogP contribution in [-0.4, -0.2) is 21.4 Å². The smallest absolute Gasteiger partial charge is 0.233 e. The predicted octanol–water partition coefficient (Wildman–Crippen LogP) is 3.63. The van der Waals surface area contributed by atoms with Crippen LogP contribution in [0.25, 0.3) is 0 Å². The second-order valence-corrected chi connectivity index (χ2v) is 11.9. The van der Waals surface area contributed by atoms with Gasteiger partial charge in [0.2, 0.25) is 5.91 Å². The Labute approximate surface area is 183 Å². The summed E-state index contributed by atoms with van der Waals surface area (Å²) in [5, 5.41) is 22.7. The number of hydrogen-bond donors (Lipinski definition) is 1. The van der Waals surface area contributed by atoms with Gasteiger partial charge in [-0.05, 0) is 74.5 Å². The fourth-order valence-corrected chi connectivity index (χ4v) is 8.75. The van der Waals surface area contributed by atoms with Crippen molar-refractivity contribution in [2.75, 3.05) is 0 Å². The van der Waals surface area contributed by atoms with Crippen LogP contribution < -0.4 is 5.32 Å². The lowest BCUT2D eigenvalue weighted by molar-refractivity contribution is -0.136. The van der Waals surface area contributed by atoms with Crippen LogP contribution in [0.3, 0.4) is 0 Å². The summed E-state index contributed by atoms with van der Waals surface area (Å²) in [5.74, 6) is 2.34. The van der Waals surface area contributed by atoms with E-state index in [0.29, 0.717) is 12.1 Å². The molecule has 1 aromatic rings. The molecule has 160 valence electrons. The zero-order chi connectivity index (χ0) is 21.8. The minimum Gasteiger partial charge on any atom is -0.350 e. The maximum Gasteiger partial charge on any atom is 0.233 e. The molecule has 6 aliphatic rings. The third-order valence-corrected chi connectivity index (χ3v) is 10.3. The molecule has 2 unspecified atom stereocenters. The Morgan fingerprint density at radius 2 is 1.42 bits per heavy atom. The molecular weight excluding hydrogens is 386 g/mol. The van der Waals surface area contributed by atoms with Crippen LogP contribution in [0.1, 0.15) is 94.9 Å². The topological polar surface area (TPSA) is 102 Å². The second-order valence-electron chi connectivity index (χ2n) is 11.9. The number of carbonyl (C=O) groups excluding carboxylic acids is 1. The lowest BCUT2D eigenvalue weighted by Crippen LogP contribution is -2.64. The summed E-state index contributed by atoms with van der Waals surface area (Å²) in [6.45, 7) is 6.46. The Morgan fingerprint density at radius 1 is 0.903 bits per heavy atom. The zero-order valence-corrected chi connectivity index (χ0v) is 18.6. The number of fused-ring (bicyclic) bond motifs is 5. The van der Waals surface area contributed by atoms with E-state index < -0.39 is 10.8 Å². The number of nitrogens with zero attached hydrogens (tertiary/aromatic N) is 4. The van der Waals surface area contributed by atoms with Gasteiger partial charge in [0.25, 0.3) is 0 Å². The van der Waals surface area contributed by atoms with Crippen LogP contribution >= 0.6 is 0 Å². The van der Waals surface area contributed by atoms with E-state index in [1.54, 1.807) is 0 Å². The number of amides is 1. The van der Waals surface area contributed by atoms with Crippen molar-refractivity contribution < 1.29 is 4.79 Å². The van der Waals surface area contributed by atoms with Gasteiger partial charge >= 0.3 is 0 Å². The van der Waals surface area contributed by atoms with Crippen molar-refractivity contribution in [2.45, 2.75) is 88.5 Å². The van der Waals surface area contributed by atoms with Crippen molar-refractivity contribution in [1.82, 2.24) is 15.3 Å². The molecule has 0 aliphatic heterocycles. The molecule has 7 rings (SSSR count). The van der Waals surface area contributed by atoms with E-state index >= 15 is 0 Å². The lowest BCUT2D eigenvalue weighted by Gasteiger charge is -2.57. The molecule has 1 N–H and O–H groups in total. The molecule has 1 aromatic heterocycles. The fourth-order valence-electron chi connectivity index (χ4n) is 8.75. The lowest BCUT2D eigenvalue weighted by atomic mass is 9.52. The molecule has 6 bridgehead atoms. The summed E-state index contributed by atoms with van der Waals surface area (Å²) < 4.78 is 0. The van der Waals surface area contributed by atoms with E-state index in [0.717, 1.165) is 49.1 Å². The quantitative estimate of drug-likeness (QED) is 0.794. The van der Waals surface area contributed by atoms with Gasteiger partial charge in [-0.15, -0.1) is 0 Å². The van der Waals surface area contributed by atoms with E-state index in [2.05, 4.69) is 36.1 Å². The molecule has 0 spiro atoms. The highest BCUT2D eigenvalue weighted by atomic mass is 16.2. The first-order valence-electron chi connectivity index (χ1n) is 11.7. The minimum absolute atomic E-state index is 0.0372. The largest absolute Gasteiger partial charge is 0.350 e. The molecule has 1 amide bonds. The first kappa shape index (κ1) is 19.2. The Morgan fingerprint density at radius 3 is 1.94 bits per heavy atom. The van der Waals surface area contributed by atoms with Gasteiger partial charge in [0.15, 0.2) is 11.4 Å². The Bertz CT molecular complexity index is 1070. The van der Waals surface area contributed by atoms with Crippen molar-refractivity contribution >= 4 is 5.91 Å². The van der Waals surface area contributed by atoms with Gasteiger partial charge < -0.3 is 5.32 Å². The van der Waals surface area contributed by atoms with Crippen LogP contribution in [-0.2, 0) is 15.6 Å². The average molecular weight is 416 g/mol. The van der Waals surface area contributed by atoms with Gasteiger partial charge in [-0.25, -0.2) is 9.97 Å². The highest BCUT2D eigenvalue weighted by Crippen LogP contribution is 2.70. The van der Waals surface area contributed by atoms with E-state index in [1.165, 1.54) is 19.3 Å². The molecule has 5 fully saturated rings. The number of aromatic nitrogens is 2. The van der Waals surface area contributed by atoms with Gasteiger partial charge in [-0.3, -0.25) is 4.79 Å². The summed E-state index contributed by atoms with van der Waals surface area (Å²) in [4.78, 5) is 23.5. The number of carbonyl (C=O) groups is 1. The van der Waals surface area contributed by atoms with Crippen molar-refractivity contribution in [2.24, 2.45) is 23.2 Å². The molecule has 2 atom stereocenters. The Balaban J connectivity index is 1.46. The molecule has 1 heterocycles. The summed E-state index contributed by atoms with van der Waals surface area (Å²) in [5.41, 5.74) is -0.103. The molecule has 0 radical (unpaired) electrons. The van der Waals surface area contributed by atoms with Crippen LogP contribution in [0, 0.1) is 45.8 Å². The van der Waals surface area contributed by atoms with Crippen molar-refractivity contribution in [3.8, 4) is 12.1 Å². The first-order valence-corrected chi connectivity index (χ1v) is 11.7. The van der Waals surface area contributed by atoms with Crippen LogP contribution in [0.5, 0.6) is 0 Å². The van der Waals surface area contributed by atoms with Gasteiger partial charge in [-0.1, -0.05) is 20.8 Å². The van der Waals surface area contributed by atoms with Gasteiger partial charge in [-0.2, -0.15) is 10.5 Å². The Hall–Kier alpha value is -2.47. The minimum atomic E-state index is -0.799. The third-order valence-electron chi connectivity index (χ3n) is 10.3. The molecule has 0 saturated heterocycles. The van der Waals surface area contributed by atoms with E-state index in [9.17, 15) is 15.3 Å². The molecular formula is C25H29N5O. The average Bonchev–Trinajstić information content (AvgIpc) is 3.00. The summed E-state index contributed by atoms with van der Waals surface area (Å²) >= 11 is 0. The highest BCUT2D eigenvalue weighted by molar-refractivity contribution is 5.92. The number of hydrogen-bond acceptors (Lipinski definition) is 5. The molecule has 5 saturated carbocycles. The molecule has 0 aromatic carbocycles. The van der Waals surface area contributed by atoms with Crippen LogP contribution in [0.15, 0.2) is 0 Å². The van der Waals surface area contributed by atoms with Crippen LogP contribution in [0.4, 0.5) is 0 Å². The number of nitriles is 2.